The molecule has 1 saturated heterocycles. The molecule has 0 N–H and O–H groups in total. The Labute approximate surface area is 124 Å². The van der Waals surface area contributed by atoms with Gasteiger partial charge in [-0.15, -0.1) is 0 Å². The van der Waals surface area contributed by atoms with Crippen molar-refractivity contribution in [3.05, 3.63) is 60.2 Å². The van der Waals surface area contributed by atoms with Gasteiger partial charge in [0.15, 0.2) is 0 Å². The fraction of sp³-hybridized carbons (Fsp3) is 0.312. The molecule has 1 aliphatic heterocycles. The fourth-order valence-electron chi connectivity index (χ4n) is 2.53. The zero-order valence-corrected chi connectivity index (χ0v) is 11.9. The summed E-state index contributed by atoms with van der Waals surface area (Å²) < 4.78 is 0. The van der Waals surface area contributed by atoms with Crippen LogP contribution in [0.5, 0.6) is 0 Å². The Hall–Kier alpha value is -2.27. The maximum atomic E-state index is 12.3. The highest BCUT2D eigenvalue weighted by atomic mass is 16.2. The fourth-order valence-corrected chi connectivity index (χ4v) is 2.53. The molecule has 0 unspecified atom stereocenters. The standard InChI is InChI=1S/C16H18N4O/c21-16(15-2-1-5-18-12-15)20-10-8-19(9-11-20)13-14-3-6-17-7-4-14/h1-7,12H,8-11,13H2. The van der Waals surface area contributed by atoms with Crippen LogP contribution in [-0.4, -0.2) is 51.9 Å². The van der Waals surface area contributed by atoms with Gasteiger partial charge in [-0.2, -0.15) is 0 Å². The summed E-state index contributed by atoms with van der Waals surface area (Å²) in [6, 6.07) is 7.69. The van der Waals surface area contributed by atoms with E-state index in [-0.39, 0.29) is 5.91 Å². The van der Waals surface area contributed by atoms with Crippen molar-refractivity contribution in [3.63, 3.8) is 0 Å². The molecule has 0 radical (unpaired) electrons. The van der Waals surface area contributed by atoms with Gasteiger partial charge in [0.05, 0.1) is 5.56 Å². The molecule has 5 nitrogen and oxygen atoms in total. The second-order valence-corrected chi connectivity index (χ2v) is 5.17. The van der Waals surface area contributed by atoms with Crippen molar-refractivity contribution < 1.29 is 4.79 Å². The van der Waals surface area contributed by atoms with Gasteiger partial charge in [-0.25, -0.2) is 0 Å². The molecule has 0 bridgehead atoms. The monoisotopic (exact) mass is 282 g/mol. The van der Waals surface area contributed by atoms with Gasteiger partial charge in [0.1, 0.15) is 0 Å². The number of hydrogen-bond donors (Lipinski definition) is 0. The highest BCUT2D eigenvalue weighted by Gasteiger charge is 2.22. The third-order valence-electron chi connectivity index (χ3n) is 3.72. The summed E-state index contributed by atoms with van der Waals surface area (Å²) in [6.45, 7) is 4.23. The van der Waals surface area contributed by atoms with E-state index in [1.54, 1.807) is 18.5 Å². The van der Waals surface area contributed by atoms with Gasteiger partial charge in [0, 0.05) is 57.5 Å². The first-order valence-electron chi connectivity index (χ1n) is 7.13. The van der Waals surface area contributed by atoms with Gasteiger partial charge < -0.3 is 4.90 Å². The number of hydrogen-bond acceptors (Lipinski definition) is 4. The Kier molecular flexibility index (Phi) is 4.21. The molecule has 1 aliphatic rings. The average molecular weight is 282 g/mol. The van der Waals surface area contributed by atoms with E-state index in [0.717, 1.165) is 32.7 Å². The lowest BCUT2D eigenvalue weighted by molar-refractivity contribution is 0.0628. The number of piperazine rings is 1. The number of amides is 1. The van der Waals surface area contributed by atoms with E-state index in [4.69, 9.17) is 0 Å². The van der Waals surface area contributed by atoms with Gasteiger partial charge >= 0.3 is 0 Å². The Morgan fingerprint density at radius 2 is 1.76 bits per heavy atom. The molecule has 0 aromatic carbocycles. The third-order valence-corrected chi connectivity index (χ3v) is 3.72. The van der Waals surface area contributed by atoms with Crippen molar-refractivity contribution in [2.24, 2.45) is 0 Å². The molecule has 108 valence electrons. The summed E-state index contributed by atoms with van der Waals surface area (Å²) in [7, 11) is 0. The van der Waals surface area contributed by atoms with Gasteiger partial charge in [-0.1, -0.05) is 0 Å². The number of pyridine rings is 2. The summed E-state index contributed by atoms with van der Waals surface area (Å²) in [4.78, 5) is 24.6. The van der Waals surface area contributed by atoms with Crippen molar-refractivity contribution in [3.8, 4) is 0 Å². The minimum atomic E-state index is 0.0756. The quantitative estimate of drug-likeness (QED) is 0.854. The predicted molar refractivity (Wildman–Crippen MR) is 79.7 cm³/mol. The first kappa shape index (κ1) is 13.7. The van der Waals surface area contributed by atoms with Gasteiger partial charge in [0.25, 0.3) is 5.91 Å². The molecule has 21 heavy (non-hydrogen) atoms. The lowest BCUT2D eigenvalue weighted by atomic mass is 10.2. The Balaban J connectivity index is 1.54. The Morgan fingerprint density at radius 1 is 1.00 bits per heavy atom. The number of carbonyl (C=O) groups is 1. The highest BCUT2D eigenvalue weighted by molar-refractivity contribution is 5.93. The van der Waals surface area contributed by atoms with Crippen molar-refractivity contribution in [2.45, 2.75) is 6.54 Å². The molecular weight excluding hydrogens is 264 g/mol. The third kappa shape index (κ3) is 3.44. The van der Waals surface area contributed by atoms with Crippen LogP contribution in [0.1, 0.15) is 15.9 Å². The molecule has 3 rings (SSSR count). The largest absolute Gasteiger partial charge is 0.336 e. The molecule has 0 spiro atoms. The second-order valence-electron chi connectivity index (χ2n) is 5.17. The lowest BCUT2D eigenvalue weighted by Gasteiger charge is -2.34. The smallest absolute Gasteiger partial charge is 0.255 e. The molecule has 3 heterocycles. The number of rotatable bonds is 3. The van der Waals surface area contributed by atoms with E-state index in [1.165, 1.54) is 5.56 Å². The van der Waals surface area contributed by atoms with Gasteiger partial charge in [0.2, 0.25) is 0 Å². The van der Waals surface area contributed by atoms with E-state index in [9.17, 15) is 4.79 Å². The summed E-state index contributed by atoms with van der Waals surface area (Å²) >= 11 is 0. The first-order valence-corrected chi connectivity index (χ1v) is 7.13. The summed E-state index contributed by atoms with van der Waals surface area (Å²) in [5, 5.41) is 0. The molecule has 5 heteroatoms. The normalized spacial score (nSPS) is 15.9. The van der Waals surface area contributed by atoms with Crippen LogP contribution in [0.3, 0.4) is 0 Å². The average Bonchev–Trinajstić information content (AvgIpc) is 2.57. The van der Waals surface area contributed by atoms with Crippen LogP contribution in [-0.2, 0) is 6.54 Å². The molecule has 2 aromatic heterocycles. The van der Waals surface area contributed by atoms with Crippen LogP contribution in [0.2, 0.25) is 0 Å². The number of nitrogens with zero attached hydrogens (tertiary/aromatic N) is 4. The maximum absolute atomic E-state index is 12.3. The topological polar surface area (TPSA) is 49.3 Å². The maximum Gasteiger partial charge on any atom is 0.255 e. The first-order chi connectivity index (χ1) is 10.3. The highest BCUT2D eigenvalue weighted by Crippen LogP contribution is 2.10. The molecule has 1 fully saturated rings. The molecule has 0 aliphatic carbocycles. The van der Waals surface area contributed by atoms with Crippen LogP contribution in [0.15, 0.2) is 49.1 Å². The van der Waals surface area contributed by atoms with Crippen LogP contribution in [0.25, 0.3) is 0 Å². The van der Waals surface area contributed by atoms with Crippen LogP contribution < -0.4 is 0 Å². The van der Waals surface area contributed by atoms with E-state index in [1.807, 2.05) is 35.5 Å². The summed E-state index contributed by atoms with van der Waals surface area (Å²) in [5.41, 5.74) is 1.93. The minimum Gasteiger partial charge on any atom is -0.336 e. The van der Waals surface area contributed by atoms with Crippen molar-refractivity contribution in [1.29, 1.82) is 0 Å². The van der Waals surface area contributed by atoms with Crippen LogP contribution in [0, 0.1) is 0 Å². The van der Waals surface area contributed by atoms with Gasteiger partial charge in [-0.3, -0.25) is 19.7 Å². The zero-order valence-electron chi connectivity index (χ0n) is 11.9. The molecule has 1 amide bonds. The van der Waals surface area contributed by atoms with E-state index < -0.39 is 0 Å². The lowest BCUT2D eigenvalue weighted by Crippen LogP contribution is -2.48. The van der Waals surface area contributed by atoms with E-state index in [2.05, 4.69) is 14.9 Å². The van der Waals surface area contributed by atoms with Crippen molar-refractivity contribution in [2.75, 3.05) is 26.2 Å². The molecule has 2 aromatic rings. The Morgan fingerprint density at radius 3 is 2.43 bits per heavy atom. The summed E-state index contributed by atoms with van der Waals surface area (Å²) in [6.07, 6.45) is 6.95. The zero-order chi connectivity index (χ0) is 14.5. The number of aromatic nitrogens is 2. The molecule has 0 atom stereocenters. The Bertz CT molecular complexity index is 580. The predicted octanol–water partition coefficient (Wildman–Crippen LogP) is 1.43. The van der Waals surface area contributed by atoms with E-state index in [0.29, 0.717) is 5.56 Å². The van der Waals surface area contributed by atoms with Gasteiger partial charge in [-0.05, 0) is 29.8 Å². The molecule has 0 saturated carbocycles. The van der Waals surface area contributed by atoms with Crippen molar-refractivity contribution >= 4 is 5.91 Å². The van der Waals surface area contributed by atoms with E-state index >= 15 is 0 Å². The SMILES string of the molecule is O=C(c1cccnc1)N1CCN(Cc2ccncc2)CC1. The molecular formula is C16H18N4O. The van der Waals surface area contributed by atoms with Crippen LogP contribution in [0.4, 0.5) is 0 Å². The van der Waals surface area contributed by atoms with Crippen molar-refractivity contribution in [1.82, 2.24) is 19.8 Å². The van der Waals surface area contributed by atoms with Crippen LogP contribution >= 0.6 is 0 Å². The minimum absolute atomic E-state index is 0.0756. The number of carbonyl (C=O) groups excluding carboxylic acids is 1. The summed E-state index contributed by atoms with van der Waals surface area (Å²) in [5.74, 6) is 0.0756. The second kappa shape index (κ2) is 6.45.